The maximum Gasteiger partial charge on any atom is 0.410 e. The Labute approximate surface area is 231 Å². The van der Waals surface area contributed by atoms with Crippen molar-refractivity contribution >= 4 is 17.7 Å². The number of fused-ring (bicyclic) bond motifs is 1. The number of piperazine rings is 1. The molecular weight excluding hydrogens is 496 g/mol. The van der Waals surface area contributed by atoms with Crippen LogP contribution in [0.15, 0.2) is 36.5 Å². The number of amides is 2. The predicted octanol–water partition coefficient (Wildman–Crippen LogP) is 3.96. The van der Waals surface area contributed by atoms with Crippen LogP contribution in [0.2, 0.25) is 0 Å². The number of ether oxygens (including phenoxy) is 2. The molecule has 0 unspecified atom stereocenters. The first-order valence-corrected chi connectivity index (χ1v) is 13.6. The van der Waals surface area contributed by atoms with Crippen LogP contribution in [0.4, 0.5) is 10.5 Å². The summed E-state index contributed by atoms with van der Waals surface area (Å²) in [6.45, 7) is 13.9. The number of pyridine rings is 1. The van der Waals surface area contributed by atoms with Gasteiger partial charge in [0.25, 0.3) is 0 Å². The van der Waals surface area contributed by atoms with Crippen molar-refractivity contribution in [2.45, 2.75) is 71.1 Å². The zero-order valence-electron chi connectivity index (χ0n) is 24.2. The average molecular weight is 539 g/mol. The molecular formula is C30H42N4O5. The van der Waals surface area contributed by atoms with Crippen molar-refractivity contribution in [1.82, 2.24) is 14.8 Å². The normalized spacial score (nSPS) is 21.1. The predicted molar refractivity (Wildman–Crippen MR) is 150 cm³/mol. The quantitative estimate of drug-likeness (QED) is 0.595. The van der Waals surface area contributed by atoms with Crippen LogP contribution < -0.4 is 4.90 Å². The van der Waals surface area contributed by atoms with Gasteiger partial charge < -0.3 is 24.4 Å². The molecule has 9 nitrogen and oxygen atoms in total. The molecule has 0 aliphatic carbocycles. The monoisotopic (exact) mass is 538 g/mol. The molecule has 1 aromatic heterocycles. The van der Waals surface area contributed by atoms with E-state index in [4.69, 9.17) is 14.5 Å². The molecule has 4 rings (SSSR count). The Morgan fingerprint density at radius 2 is 1.90 bits per heavy atom. The third-order valence-electron chi connectivity index (χ3n) is 7.31. The van der Waals surface area contributed by atoms with Gasteiger partial charge in [-0.3, -0.25) is 14.7 Å². The SMILES string of the molecule is COC[C@H]1CN(C(=O)OC(C)(C)C)[C@H](C)CN1CC(=O)N1CC(C)(C)c2ncc(Cc3cccc(O)c3)cc21. The van der Waals surface area contributed by atoms with Crippen molar-refractivity contribution in [3.05, 3.63) is 53.3 Å². The minimum atomic E-state index is -0.579. The largest absolute Gasteiger partial charge is 0.508 e. The minimum Gasteiger partial charge on any atom is -0.508 e. The summed E-state index contributed by atoms with van der Waals surface area (Å²) >= 11 is 0. The van der Waals surface area contributed by atoms with Gasteiger partial charge in [0, 0.05) is 44.4 Å². The highest BCUT2D eigenvalue weighted by Gasteiger charge is 2.42. The van der Waals surface area contributed by atoms with Gasteiger partial charge in [-0.15, -0.1) is 0 Å². The van der Waals surface area contributed by atoms with Gasteiger partial charge in [0.15, 0.2) is 0 Å². The molecule has 9 heteroatoms. The highest BCUT2D eigenvalue weighted by molar-refractivity contribution is 5.97. The standard InChI is InChI=1S/C30H42N4O5/c1-20-15-32(23(18-38-7)16-33(20)28(37)39-29(2,3)4)17-26(36)34-19-30(5,6)27-25(34)13-22(14-31-27)11-21-9-8-10-24(35)12-21/h8-10,12-14,20,23,35H,11,15-19H2,1-7H3/t20-,23-/m1/s1. The lowest BCUT2D eigenvalue weighted by molar-refractivity contribution is -0.121. The lowest BCUT2D eigenvalue weighted by Gasteiger charge is -2.45. The molecule has 0 bridgehead atoms. The van der Waals surface area contributed by atoms with E-state index in [9.17, 15) is 14.7 Å². The fraction of sp³-hybridized carbons (Fsp3) is 0.567. The number of nitrogens with zero attached hydrogens (tertiary/aromatic N) is 4. The number of aromatic hydroxyl groups is 1. The van der Waals surface area contributed by atoms with E-state index in [1.165, 1.54) is 0 Å². The van der Waals surface area contributed by atoms with Gasteiger partial charge in [-0.25, -0.2) is 4.79 Å². The molecule has 0 radical (unpaired) electrons. The van der Waals surface area contributed by atoms with Crippen molar-refractivity contribution in [2.24, 2.45) is 0 Å². The number of benzene rings is 1. The molecule has 0 saturated carbocycles. The number of anilines is 1. The maximum absolute atomic E-state index is 13.8. The summed E-state index contributed by atoms with van der Waals surface area (Å²) < 4.78 is 11.1. The van der Waals surface area contributed by atoms with Crippen LogP contribution in [0.3, 0.4) is 0 Å². The van der Waals surface area contributed by atoms with Crippen LogP contribution >= 0.6 is 0 Å². The third-order valence-corrected chi connectivity index (χ3v) is 7.31. The third kappa shape index (κ3) is 6.70. The van der Waals surface area contributed by atoms with Gasteiger partial charge in [-0.05, 0) is 63.4 Å². The lowest BCUT2D eigenvalue weighted by Crippen LogP contribution is -2.62. The van der Waals surface area contributed by atoms with Crippen LogP contribution in [0.25, 0.3) is 0 Å². The molecule has 2 atom stereocenters. The Bertz CT molecular complexity index is 1210. The average Bonchev–Trinajstić information content (AvgIpc) is 3.10. The number of phenols is 1. The number of methoxy groups -OCH3 is 1. The first-order valence-electron chi connectivity index (χ1n) is 13.6. The van der Waals surface area contributed by atoms with Gasteiger partial charge in [0.05, 0.1) is 30.6 Å². The van der Waals surface area contributed by atoms with Crippen molar-refractivity contribution in [3.63, 3.8) is 0 Å². The number of hydrogen-bond donors (Lipinski definition) is 1. The second-order valence-corrected chi connectivity index (χ2v) is 12.4. The van der Waals surface area contributed by atoms with E-state index in [2.05, 4.69) is 24.8 Å². The van der Waals surface area contributed by atoms with Gasteiger partial charge in [0.1, 0.15) is 11.4 Å². The summed E-state index contributed by atoms with van der Waals surface area (Å²) in [6, 6.07) is 8.99. The van der Waals surface area contributed by atoms with Gasteiger partial charge in [-0.2, -0.15) is 0 Å². The Hall–Kier alpha value is -3.17. The fourth-order valence-corrected chi connectivity index (χ4v) is 5.49. The van der Waals surface area contributed by atoms with Crippen molar-refractivity contribution < 1.29 is 24.2 Å². The molecule has 0 spiro atoms. The van der Waals surface area contributed by atoms with E-state index in [0.717, 1.165) is 22.5 Å². The van der Waals surface area contributed by atoms with E-state index in [1.807, 2.05) is 50.9 Å². The molecule has 1 saturated heterocycles. The number of phenolic OH excluding ortho intramolecular Hbond substituents is 1. The van der Waals surface area contributed by atoms with E-state index < -0.39 is 5.60 Å². The Morgan fingerprint density at radius 1 is 1.15 bits per heavy atom. The van der Waals surface area contributed by atoms with Crippen LogP contribution in [0.5, 0.6) is 5.75 Å². The molecule has 39 heavy (non-hydrogen) atoms. The van der Waals surface area contributed by atoms with Gasteiger partial charge in [0.2, 0.25) is 5.91 Å². The van der Waals surface area contributed by atoms with E-state index in [1.54, 1.807) is 24.1 Å². The molecule has 2 aliphatic heterocycles. The van der Waals surface area contributed by atoms with Crippen LogP contribution in [-0.2, 0) is 26.1 Å². The Morgan fingerprint density at radius 3 is 2.56 bits per heavy atom. The second kappa shape index (κ2) is 11.1. The lowest BCUT2D eigenvalue weighted by atomic mass is 9.91. The maximum atomic E-state index is 13.8. The number of rotatable bonds is 6. The molecule has 2 aromatic rings. The summed E-state index contributed by atoms with van der Waals surface area (Å²) in [5, 5.41) is 9.85. The minimum absolute atomic E-state index is 0.00264. The Kier molecular flexibility index (Phi) is 8.23. The van der Waals surface area contributed by atoms with Crippen LogP contribution in [0, 0.1) is 0 Å². The molecule has 1 aromatic carbocycles. The van der Waals surface area contributed by atoms with E-state index in [0.29, 0.717) is 32.7 Å². The van der Waals surface area contributed by atoms with E-state index >= 15 is 0 Å². The fourth-order valence-electron chi connectivity index (χ4n) is 5.49. The van der Waals surface area contributed by atoms with Crippen LogP contribution in [-0.4, -0.2) is 89.5 Å². The van der Waals surface area contributed by atoms with E-state index in [-0.39, 0.29) is 41.8 Å². The number of carbonyl (C=O) groups is 2. The molecule has 2 aliphatic rings. The van der Waals surface area contributed by atoms with Gasteiger partial charge in [-0.1, -0.05) is 26.0 Å². The topological polar surface area (TPSA) is 95.4 Å². The van der Waals surface area contributed by atoms with Crippen molar-refractivity contribution in [1.29, 1.82) is 0 Å². The number of carbonyl (C=O) groups excluding carboxylic acids is 2. The second-order valence-electron chi connectivity index (χ2n) is 12.4. The molecule has 212 valence electrons. The number of aromatic nitrogens is 1. The molecule has 3 heterocycles. The number of hydrogen-bond acceptors (Lipinski definition) is 7. The summed E-state index contributed by atoms with van der Waals surface area (Å²) in [5.41, 5.74) is 2.85. The summed E-state index contributed by atoms with van der Waals surface area (Å²) in [6.07, 6.45) is 2.13. The summed E-state index contributed by atoms with van der Waals surface area (Å²) in [7, 11) is 1.63. The first-order chi connectivity index (χ1) is 18.3. The highest BCUT2D eigenvalue weighted by atomic mass is 16.6. The smallest absolute Gasteiger partial charge is 0.410 e. The van der Waals surface area contributed by atoms with Crippen molar-refractivity contribution in [3.8, 4) is 5.75 Å². The van der Waals surface area contributed by atoms with Gasteiger partial charge >= 0.3 is 6.09 Å². The molecule has 1 fully saturated rings. The summed E-state index contributed by atoms with van der Waals surface area (Å²) in [4.78, 5) is 37.1. The first kappa shape index (κ1) is 28.8. The zero-order valence-corrected chi connectivity index (χ0v) is 24.2. The zero-order chi connectivity index (χ0) is 28.5. The van der Waals surface area contributed by atoms with Crippen molar-refractivity contribution in [2.75, 3.05) is 44.8 Å². The van der Waals surface area contributed by atoms with Crippen LogP contribution in [0.1, 0.15) is 58.4 Å². The molecule has 1 N–H and O–H groups in total. The summed E-state index contributed by atoms with van der Waals surface area (Å²) in [5.74, 6) is 0.225. The highest BCUT2D eigenvalue weighted by Crippen LogP contribution is 2.40. The molecule has 2 amide bonds. The Balaban J connectivity index is 1.52.